The van der Waals surface area contributed by atoms with Crippen molar-refractivity contribution in [3.8, 4) is 28.7 Å². The van der Waals surface area contributed by atoms with Gasteiger partial charge in [-0.15, -0.1) is 0 Å². The Balaban J connectivity index is 1.93. The molecule has 0 saturated carbocycles. The highest BCUT2D eigenvalue weighted by Crippen LogP contribution is 2.39. The van der Waals surface area contributed by atoms with E-state index >= 15 is 0 Å². The van der Waals surface area contributed by atoms with Crippen LogP contribution in [-0.2, 0) is 4.79 Å². The minimum atomic E-state index is -0.671. The summed E-state index contributed by atoms with van der Waals surface area (Å²) >= 11 is 0. The van der Waals surface area contributed by atoms with Crippen LogP contribution in [-0.4, -0.2) is 53.6 Å². The first-order valence-corrected chi connectivity index (χ1v) is 11.4. The van der Waals surface area contributed by atoms with Gasteiger partial charge < -0.3 is 29.0 Å². The minimum absolute atomic E-state index is 0.0677. The Bertz CT molecular complexity index is 1340. The molecular weight excluding hydrogens is 490 g/mol. The van der Waals surface area contributed by atoms with Crippen molar-refractivity contribution in [3.05, 3.63) is 83.1 Å². The van der Waals surface area contributed by atoms with Crippen molar-refractivity contribution in [1.29, 1.82) is 0 Å². The second-order valence-electron chi connectivity index (χ2n) is 7.61. The Morgan fingerprint density at radius 2 is 1.42 bits per heavy atom. The summed E-state index contributed by atoms with van der Waals surface area (Å²) in [6.07, 6.45) is 2.87. The van der Waals surface area contributed by atoms with Crippen LogP contribution in [0, 0.1) is 0 Å². The number of benzene rings is 3. The molecule has 0 saturated heterocycles. The number of nitrogens with one attached hydrogen (secondary N) is 2. The van der Waals surface area contributed by atoms with Gasteiger partial charge in [0.1, 0.15) is 17.2 Å². The molecule has 3 aromatic carbocycles. The largest absolute Gasteiger partial charge is 0.497 e. The Labute approximate surface area is 220 Å². The fraction of sp³-hybridized carbons (Fsp3) is 0.179. The third kappa shape index (κ3) is 6.61. The lowest BCUT2D eigenvalue weighted by atomic mass is 10.1. The molecule has 0 spiro atoms. The molecule has 38 heavy (non-hydrogen) atoms. The molecule has 0 heterocycles. The number of hydrogen-bond donors (Lipinski definition) is 2. The van der Waals surface area contributed by atoms with E-state index in [2.05, 4.69) is 15.8 Å². The number of rotatable bonds is 11. The van der Waals surface area contributed by atoms with Crippen LogP contribution >= 0.6 is 0 Å². The van der Waals surface area contributed by atoms with E-state index in [4.69, 9.17) is 23.7 Å². The van der Waals surface area contributed by atoms with Gasteiger partial charge in [-0.3, -0.25) is 9.59 Å². The number of hydrazone groups is 1. The van der Waals surface area contributed by atoms with Gasteiger partial charge in [0.25, 0.3) is 11.8 Å². The Hall–Kier alpha value is -4.99. The third-order valence-corrected chi connectivity index (χ3v) is 5.37. The standard InChI is InChI=1S/C28H29N3O7/c1-34-21-12-14-23(35-2)20(15-21)16-22(30-27(32)18-9-7-6-8-10-18)28(33)31-29-17-19-11-13-24(36-3)26(38-5)25(19)37-4/h6-17H,1-5H3,(H,30,32)(H,31,33). The predicted octanol–water partition coefficient (Wildman–Crippen LogP) is 3.65. The van der Waals surface area contributed by atoms with Gasteiger partial charge in [-0.2, -0.15) is 5.10 Å². The monoisotopic (exact) mass is 519 g/mol. The highest BCUT2D eigenvalue weighted by atomic mass is 16.5. The summed E-state index contributed by atoms with van der Waals surface area (Å²) in [4.78, 5) is 26.0. The van der Waals surface area contributed by atoms with E-state index < -0.39 is 11.8 Å². The first-order chi connectivity index (χ1) is 18.4. The van der Waals surface area contributed by atoms with Crippen molar-refractivity contribution in [2.75, 3.05) is 35.5 Å². The molecule has 0 aliphatic heterocycles. The molecule has 0 aromatic heterocycles. The molecular formula is C28H29N3O7. The molecule has 3 rings (SSSR count). The third-order valence-electron chi connectivity index (χ3n) is 5.37. The van der Waals surface area contributed by atoms with Crippen LogP contribution < -0.4 is 34.4 Å². The zero-order chi connectivity index (χ0) is 27.5. The van der Waals surface area contributed by atoms with Crippen molar-refractivity contribution in [1.82, 2.24) is 10.7 Å². The molecule has 0 radical (unpaired) electrons. The SMILES string of the molecule is COc1ccc(OC)c(C=C(NC(=O)c2ccccc2)C(=O)NN=Cc2ccc(OC)c(OC)c2OC)c1. The number of ether oxygens (including phenoxy) is 5. The molecule has 0 fully saturated rings. The minimum Gasteiger partial charge on any atom is -0.497 e. The molecule has 0 aliphatic rings. The maximum atomic E-state index is 13.2. The lowest BCUT2D eigenvalue weighted by molar-refractivity contribution is -0.117. The molecule has 2 N–H and O–H groups in total. The van der Waals surface area contributed by atoms with Gasteiger partial charge in [-0.1, -0.05) is 18.2 Å². The highest BCUT2D eigenvalue weighted by Gasteiger charge is 2.17. The molecule has 0 unspecified atom stereocenters. The van der Waals surface area contributed by atoms with Crippen LogP contribution in [0.4, 0.5) is 0 Å². The second-order valence-corrected chi connectivity index (χ2v) is 7.61. The highest BCUT2D eigenvalue weighted by molar-refractivity contribution is 6.05. The van der Waals surface area contributed by atoms with Gasteiger partial charge in [0.15, 0.2) is 11.5 Å². The van der Waals surface area contributed by atoms with Gasteiger partial charge in [-0.25, -0.2) is 5.43 Å². The normalized spacial score (nSPS) is 11.0. The zero-order valence-corrected chi connectivity index (χ0v) is 21.7. The van der Waals surface area contributed by atoms with Gasteiger partial charge in [0, 0.05) is 16.7 Å². The smallest absolute Gasteiger partial charge is 0.287 e. The molecule has 0 atom stereocenters. The number of carbonyl (C=O) groups is 2. The quantitative estimate of drug-likeness (QED) is 0.226. The molecule has 0 aliphatic carbocycles. The molecule has 2 amide bonds. The van der Waals surface area contributed by atoms with E-state index in [0.29, 0.717) is 45.4 Å². The van der Waals surface area contributed by atoms with Gasteiger partial charge >= 0.3 is 0 Å². The molecule has 3 aromatic rings. The number of nitrogens with zero attached hydrogens (tertiary/aromatic N) is 1. The number of amides is 2. The maximum Gasteiger partial charge on any atom is 0.287 e. The first kappa shape index (κ1) is 27.6. The number of methoxy groups -OCH3 is 5. The van der Waals surface area contributed by atoms with Gasteiger partial charge in [0.2, 0.25) is 5.75 Å². The van der Waals surface area contributed by atoms with Gasteiger partial charge in [0.05, 0.1) is 41.8 Å². The summed E-state index contributed by atoms with van der Waals surface area (Å²) in [6, 6.07) is 17.0. The van der Waals surface area contributed by atoms with Crippen molar-refractivity contribution < 1.29 is 33.3 Å². The average molecular weight is 520 g/mol. The van der Waals surface area contributed by atoms with E-state index in [1.165, 1.54) is 47.8 Å². The summed E-state index contributed by atoms with van der Waals surface area (Å²) in [6.45, 7) is 0. The summed E-state index contributed by atoms with van der Waals surface area (Å²) in [5, 5.41) is 6.70. The van der Waals surface area contributed by atoms with Crippen LogP contribution in [0.1, 0.15) is 21.5 Å². The van der Waals surface area contributed by atoms with Crippen molar-refractivity contribution in [3.63, 3.8) is 0 Å². The van der Waals surface area contributed by atoms with E-state index in [1.807, 2.05) is 0 Å². The number of carbonyl (C=O) groups excluding carboxylic acids is 2. The van der Waals surface area contributed by atoms with E-state index in [0.717, 1.165) is 0 Å². The maximum absolute atomic E-state index is 13.2. The molecule has 10 nitrogen and oxygen atoms in total. The van der Waals surface area contributed by atoms with Gasteiger partial charge in [-0.05, 0) is 48.5 Å². The number of hydrogen-bond acceptors (Lipinski definition) is 8. The van der Waals surface area contributed by atoms with Crippen LogP contribution in [0.5, 0.6) is 28.7 Å². The van der Waals surface area contributed by atoms with Crippen LogP contribution in [0.2, 0.25) is 0 Å². The Morgan fingerprint density at radius 1 is 0.737 bits per heavy atom. The predicted molar refractivity (Wildman–Crippen MR) is 143 cm³/mol. The molecule has 0 bridgehead atoms. The van der Waals surface area contributed by atoms with Crippen molar-refractivity contribution in [2.24, 2.45) is 5.10 Å². The van der Waals surface area contributed by atoms with Crippen LogP contribution in [0.15, 0.2) is 71.5 Å². The molecule has 198 valence electrons. The summed E-state index contributed by atoms with van der Waals surface area (Å²) in [7, 11) is 7.51. The molecule has 10 heteroatoms. The Kier molecular flexibility index (Phi) is 9.70. The lowest BCUT2D eigenvalue weighted by Crippen LogP contribution is -2.32. The topological polar surface area (TPSA) is 117 Å². The van der Waals surface area contributed by atoms with Crippen molar-refractivity contribution >= 4 is 24.1 Å². The van der Waals surface area contributed by atoms with E-state index in [-0.39, 0.29) is 5.70 Å². The van der Waals surface area contributed by atoms with E-state index in [9.17, 15) is 9.59 Å². The lowest BCUT2D eigenvalue weighted by Gasteiger charge is -2.14. The summed E-state index contributed by atoms with van der Waals surface area (Å²) in [5.74, 6) is 1.11. The Morgan fingerprint density at radius 3 is 2.05 bits per heavy atom. The summed E-state index contributed by atoms with van der Waals surface area (Å²) in [5.41, 5.74) is 3.79. The zero-order valence-electron chi connectivity index (χ0n) is 21.7. The van der Waals surface area contributed by atoms with Crippen LogP contribution in [0.25, 0.3) is 6.08 Å². The fourth-order valence-electron chi connectivity index (χ4n) is 3.50. The summed E-state index contributed by atoms with van der Waals surface area (Å²) < 4.78 is 26.8. The van der Waals surface area contributed by atoms with Crippen molar-refractivity contribution in [2.45, 2.75) is 0 Å². The van der Waals surface area contributed by atoms with Crippen LogP contribution in [0.3, 0.4) is 0 Å². The first-order valence-electron chi connectivity index (χ1n) is 11.4. The second kappa shape index (κ2) is 13.4. The average Bonchev–Trinajstić information content (AvgIpc) is 2.96. The van der Waals surface area contributed by atoms with E-state index in [1.54, 1.807) is 60.7 Å². The fourth-order valence-corrected chi connectivity index (χ4v) is 3.50.